The highest BCUT2D eigenvalue weighted by molar-refractivity contribution is 9.09. The first kappa shape index (κ1) is 8.88. The van der Waals surface area contributed by atoms with E-state index in [1.54, 1.807) is 0 Å². The molecule has 50 valence electrons. The van der Waals surface area contributed by atoms with Gasteiger partial charge in [0.05, 0.1) is 12.2 Å². The zero-order chi connectivity index (χ0) is 6.57. The van der Waals surface area contributed by atoms with Crippen molar-refractivity contribution in [3.05, 3.63) is 0 Å². The summed E-state index contributed by atoms with van der Waals surface area (Å²) < 4.78 is 0. The maximum atomic E-state index is 8.80. The van der Waals surface area contributed by atoms with Crippen molar-refractivity contribution >= 4 is 31.9 Å². The van der Waals surface area contributed by atoms with Crippen LogP contribution in [-0.2, 0) is 0 Å². The Morgan fingerprint density at radius 3 is 1.38 bits per heavy atom. The molecule has 0 amide bonds. The van der Waals surface area contributed by atoms with Crippen LogP contribution >= 0.6 is 31.9 Å². The number of halogens is 2. The summed E-state index contributed by atoms with van der Waals surface area (Å²) in [5.74, 6) is 0. The van der Waals surface area contributed by atoms with E-state index in [2.05, 4.69) is 31.9 Å². The normalized spacial score (nSPS) is 18.0. The summed E-state index contributed by atoms with van der Waals surface area (Å²) in [6.07, 6.45) is -1.32. The molecule has 8 heavy (non-hydrogen) atoms. The highest BCUT2D eigenvalue weighted by Gasteiger charge is 2.11. The average molecular weight is 248 g/mol. The van der Waals surface area contributed by atoms with E-state index < -0.39 is 12.2 Å². The Labute approximate surface area is 65.2 Å². The summed E-state index contributed by atoms with van der Waals surface area (Å²) in [6.45, 7) is 0. The van der Waals surface area contributed by atoms with E-state index in [0.717, 1.165) is 0 Å². The van der Waals surface area contributed by atoms with Gasteiger partial charge in [0, 0.05) is 10.7 Å². The SMILES string of the molecule is O[C@H](CBr)[C@H](O)CBr. The number of aliphatic hydroxyl groups is 2. The molecule has 0 heterocycles. The second kappa shape index (κ2) is 4.73. The van der Waals surface area contributed by atoms with Gasteiger partial charge in [0.25, 0.3) is 0 Å². The third kappa shape index (κ3) is 3.02. The van der Waals surface area contributed by atoms with Crippen molar-refractivity contribution in [1.82, 2.24) is 0 Å². The average Bonchev–Trinajstić information content (AvgIpc) is 1.84. The molecular formula is C4H8Br2O2. The molecule has 0 aromatic heterocycles. The van der Waals surface area contributed by atoms with Gasteiger partial charge in [-0.15, -0.1) is 0 Å². The van der Waals surface area contributed by atoms with Gasteiger partial charge in [0.1, 0.15) is 0 Å². The maximum Gasteiger partial charge on any atom is 0.0903 e. The quantitative estimate of drug-likeness (QED) is 0.714. The van der Waals surface area contributed by atoms with Gasteiger partial charge in [-0.3, -0.25) is 0 Å². The van der Waals surface area contributed by atoms with E-state index in [9.17, 15) is 0 Å². The van der Waals surface area contributed by atoms with Crippen molar-refractivity contribution < 1.29 is 10.2 Å². The fraction of sp³-hybridized carbons (Fsp3) is 1.00. The lowest BCUT2D eigenvalue weighted by Gasteiger charge is -2.10. The van der Waals surface area contributed by atoms with Crippen molar-refractivity contribution in [2.24, 2.45) is 0 Å². The summed E-state index contributed by atoms with van der Waals surface area (Å²) in [7, 11) is 0. The fourth-order valence-electron chi connectivity index (χ4n) is 0.206. The second-order valence-electron chi connectivity index (χ2n) is 1.44. The lowest BCUT2D eigenvalue weighted by molar-refractivity contribution is 0.0515. The molecule has 2 nitrogen and oxygen atoms in total. The molecule has 0 aromatic carbocycles. The van der Waals surface area contributed by atoms with Crippen LogP contribution in [0.3, 0.4) is 0 Å². The van der Waals surface area contributed by atoms with Crippen LogP contribution in [0.15, 0.2) is 0 Å². The van der Waals surface area contributed by atoms with Gasteiger partial charge in [-0.2, -0.15) is 0 Å². The molecule has 0 saturated carbocycles. The molecule has 0 bridgehead atoms. The third-order valence-corrected chi connectivity index (χ3v) is 2.09. The van der Waals surface area contributed by atoms with Crippen LogP contribution in [-0.4, -0.2) is 33.1 Å². The number of aliphatic hydroxyl groups excluding tert-OH is 2. The lowest BCUT2D eigenvalue weighted by Crippen LogP contribution is -2.28. The lowest BCUT2D eigenvalue weighted by atomic mass is 10.3. The van der Waals surface area contributed by atoms with E-state index in [0.29, 0.717) is 10.7 Å². The Balaban J connectivity index is 3.29. The standard InChI is InChI=1S/C4H8Br2O2/c5-1-3(7)4(8)2-6/h3-4,7-8H,1-2H2/t3-,4-/m1/s1. The van der Waals surface area contributed by atoms with Gasteiger partial charge in [0.2, 0.25) is 0 Å². The molecule has 0 aliphatic heterocycles. The minimum Gasteiger partial charge on any atom is -0.390 e. The topological polar surface area (TPSA) is 40.5 Å². The maximum absolute atomic E-state index is 8.80. The third-order valence-electron chi connectivity index (χ3n) is 0.760. The van der Waals surface area contributed by atoms with Crippen LogP contribution in [0.5, 0.6) is 0 Å². The van der Waals surface area contributed by atoms with Crippen LogP contribution < -0.4 is 0 Å². The van der Waals surface area contributed by atoms with Crippen LogP contribution in [0, 0.1) is 0 Å². The molecule has 0 aliphatic carbocycles. The number of alkyl halides is 2. The van der Waals surface area contributed by atoms with Gasteiger partial charge < -0.3 is 10.2 Å². The summed E-state index contributed by atoms with van der Waals surface area (Å²) in [6, 6.07) is 0. The molecule has 0 aromatic rings. The Morgan fingerprint density at radius 1 is 1.00 bits per heavy atom. The Morgan fingerprint density at radius 2 is 1.25 bits per heavy atom. The Hall–Kier alpha value is 0.880. The van der Waals surface area contributed by atoms with Crippen LogP contribution in [0.1, 0.15) is 0 Å². The Kier molecular flexibility index (Phi) is 5.25. The molecule has 2 N–H and O–H groups in total. The first-order valence-electron chi connectivity index (χ1n) is 2.20. The molecular weight excluding hydrogens is 240 g/mol. The molecule has 0 aliphatic rings. The van der Waals surface area contributed by atoms with Gasteiger partial charge in [-0.1, -0.05) is 31.9 Å². The van der Waals surface area contributed by atoms with Gasteiger partial charge in [0.15, 0.2) is 0 Å². The van der Waals surface area contributed by atoms with Crippen molar-refractivity contribution in [2.45, 2.75) is 12.2 Å². The summed E-state index contributed by atoms with van der Waals surface area (Å²) in [5.41, 5.74) is 0. The van der Waals surface area contributed by atoms with E-state index in [1.807, 2.05) is 0 Å². The molecule has 0 spiro atoms. The van der Waals surface area contributed by atoms with Crippen molar-refractivity contribution in [2.75, 3.05) is 10.7 Å². The zero-order valence-corrected chi connectivity index (χ0v) is 7.39. The van der Waals surface area contributed by atoms with Crippen molar-refractivity contribution in [3.8, 4) is 0 Å². The first-order chi connectivity index (χ1) is 3.72. The van der Waals surface area contributed by atoms with Crippen molar-refractivity contribution in [1.29, 1.82) is 0 Å². The molecule has 0 saturated heterocycles. The van der Waals surface area contributed by atoms with Gasteiger partial charge >= 0.3 is 0 Å². The van der Waals surface area contributed by atoms with E-state index >= 15 is 0 Å². The fourth-order valence-corrected chi connectivity index (χ4v) is 1.07. The molecule has 0 unspecified atom stereocenters. The Bertz CT molecular complexity index is 52.0. The molecule has 2 atom stereocenters. The number of hydrogen-bond donors (Lipinski definition) is 2. The monoisotopic (exact) mass is 246 g/mol. The summed E-state index contributed by atoms with van der Waals surface area (Å²) in [5, 5.41) is 18.4. The van der Waals surface area contributed by atoms with Gasteiger partial charge in [-0.25, -0.2) is 0 Å². The van der Waals surface area contributed by atoms with Crippen LogP contribution in [0.2, 0.25) is 0 Å². The number of rotatable bonds is 3. The largest absolute Gasteiger partial charge is 0.390 e. The molecule has 0 radical (unpaired) electrons. The molecule has 4 heteroatoms. The van der Waals surface area contributed by atoms with Crippen LogP contribution in [0.25, 0.3) is 0 Å². The summed E-state index contributed by atoms with van der Waals surface area (Å²) in [4.78, 5) is 0. The summed E-state index contributed by atoms with van der Waals surface area (Å²) >= 11 is 6.05. The molecule has 0 rings (SSSR count). The van der Waals surface area contributed by atoms with Crippen molar-refractivity contribution in [3.63, 3.8) is 0 Å². The highest BCUT2D eigenvalue weighted by atomic mass is 79.9. The van der Waals surface area contributed by atoms with E-state index in [-0.39, 0.29) is 0 Å². The van der Waals surface area contributed by atoms with Crippen LogP contribution in [0.4, 0.5) is 0 Å². The van der Waals surface area contributed by atoms with E-state index in [1.165, 1.54) is 0 Å². The number of hydrogen-bond acceptors (Lipinski definition) is 2. The predicted molar refractivity (Wildman–Crippen MR) is 39.6 cm³/mol. The molecule has 0 fully saturated rings. The predicted octanol–water partition coefficient (Wildman–Crippen LogP) is 0.498. The highest BCUT2D eigenvalue weighted by Crippen LogP contribution is 2.00. The minimum absolute atomic E-state index is 0.416. The van der Waals surface area contributed by atoms with Gasteiger partial charge in [-0.05, 0) is 0 Å². The first-order valence-corrected chi connectivity index (χ1v) is 4.44. The smallest absolute Gasteiger partial charge is 0.0903 e. The van der Waals surface area contributed by atoms with E-state index in [4.69, 9.17) is 10.2 Å². The zero-order valence-electron chi connectivity index (χ0n) is 4.22. The second-order valence-corrected chi connectivity index (χ2v) is 2.74. The minimum atomic E-state index is -0.658.